The predicted octanol–water partition coefficient (Wildman–Crippen LogP) is 2.50. The molecule has 1 N–H and O–H groups in total. The Labute approximate surface area is 99.5 Å². The monoisotopic (exact) mass is 230 g/mol. The van der Waals surface area contributed by atoms with Gasteiger partial charge in [0.2, 0.25) is 0 Å². The smallest absolute Gasteiger partial charge is 0.339 e. The fraction of sp³-hybridized carbons (Fsp3) is 0.231. The number of carbonyl (C=O) groups is 1. The van der Waals surface area contributed by atoms with E-state index < -0.39 is 5.97 Å². The van der Waals surface area contributed by atoms with Gasteiger partial charge in [0.25, 0.3) is 0 Å². The van der Waals surface area contributed by atoms with E-state index in [1.54, 1.807) is 18.5 Å². The summed E-state index contributed by atoms with van der Waals surface area (Å²) in [6.07, 6.45) is 0. The molecule has 0 aliphatic carbocycles. The molecule has 0 aliphatic rings. The summed E-state index contributed by atoms with van der Waals surface area (Å²) in [6, 6.07) is 7.82. The van der Waals surface area contributed by atoms with Crippen molar-refractivity contribution in [3.05, 3.63) is 46.8 Å². The second kappa shape index (κ2) is 4.05. The summed E-state index contributed by atoms with van der Waals surface area (Å²) < 4.78 is 1.67. The van der Waals surface area contributed by atoms with Gasteiger partial charge in [-0.25, -0.2) is 9.48 Å². The Bertz CT molecular complexity index is 585. The summed E-state index contributed by atoms with van der Waals surface area (Å²) in [5.41, 5.74) is 3.48. The van der Waals surface area contributed by atoms with Crippen LogP contribution in [0.15, 0.2) is 24.3 Å². The lowest BCUT2D eigenvalue weighted by Gasteiger charge is -2.05. The number of carboxylic acids is 1. The van der Waals surface area contributed by atoms with Gasteiger partial charge in [-0.2, -0.15) is 5.10 Å². The van der Waals surface area contributed by atoms with Crippen LogP contribution in [-0.2, 0) is 0 Å². The molecule has 0 unspecified atom stereocenters. The molecule has 4 nitrogen and oxygen atoms in total. The lowest BCUT2D eigenvalue weighted by Crippen LogP contribution is -2.02. The molecule has 17 heavy (non-hydrogen) atoms. The van der Waals surface area contributed by atoms with E-state index in [-0.39, 0.29) is 5.56 Å². The number of aromatic carboxylic acids is 1. The van der Waals surface area contributed by atoms with Gasteiger partial charge in [0.05, 0.1) is 17.1 Å². The summed E-state index contributed by atoms with van der Waals surface area (Å²) in [6.45, 7) is 5.47. The van der Waals surface area contributed by atoms with Crippen molar-refractivity contribution in [2.24, 2.45) is 0 Å². The maximum atomic E-state index is 11.1. The van der Waals surface area contributed by atoms with E-state index in [4.69, 9.17) is 5.11 Å². The molecule has 0 saturated carbocycles. The van der Waals surface area contributed by atoms with E-state index >= 15 is 0 Å². The molecule has 0 fully saturated rings. The van der Waals surface area contributed by atoms with Gasteiger partial charge < -0.3 is 5.11 Å². The van der Waals surface area contributed by atoms with E-state index in [0.717, 1.165) is 11.3 Å². The SMILES string of the molecule is Cc1cccc(-n2nc(C)c(C(=O)O)c2C)c1. The van der Waals surface area contributed by atoms with Crippen LogP contribution >= 0.6 is 0 Å². The molecule has 1 aromatic heterocycles. The van der Waals surface area contributed by atoms with E-state index in [0.29, 0.717) is 11.4 Å². The quantitative estimate of drug-likeness (QED) is 0.862. The zero-order valence-electron chi connectivity index (χ0n) is 10.1. The number of hydrogen-bond donors (Lipinski definition) is 1. The number of carboxylic acid groups (broad SMARTS) is 1. The highest BCUT2D eigenvalue weighted by molar-refractivity contribution is 5.90. The number of benzene rings is 1. The highest BCUT2D eigenvalue weighted by atomic mass is 16.4. The van der Waals surface area contributed by atoms with Crippen molar-refractivity contribution < 1.29 is 9.90 Å². The van der Waals surface area contributed by atoms with Gasteiger partial charge in [0.1, 0.15) is 5.56 Å². The maximum absolute atomic E-state index is 11.1. The van der Waals surface area contributed by atoms with E-state index in [1.807, 2.05) is 31.2 Å². The zero-order valence-corrected chi connectivity index (χ0v) is 10.1. The van der Waals surface area contributed by atoms with Crippen LogP contribution in [0.1, 0.15) is 27.3 Å². The van der Waals surface area contributed by atoms with Gasteiger partial charge in [-0.3, -0.25) is 0 Å². The number of hydrogen-bond acceptors (Lipinski definition) is 2. The number of aryl methyl sites for hydroxylation is 2. The molecule has 0 amide bonds. The Morgan fingerprint density at radius 3 is 2.53 bits per heavy atom. The van der Waals surface area contributed by atoms with Crippen molar-refractivity contribution in [3.63, 3.8) is 0 Å². The molecule has 4 heteroatoms. The van der Waals surface area contributed by atoms with Crippen LogP contribution in [-0.4, -0.2) is 20.9 Å². The van der Waals surface area contributed by atoms with Gasteiger partial charge in [-0.15, -0.1) is 0 Å². The van der Waals surface area contributed by atoms with Crippen molar-refractivity contribution in [2.45, 2.75) is 20.8 Å². The van der Waals surface area contributed by atoms with E-state index in [1.165, 1.54) is 0 Å². The molecule has 2 rings (SSSR count). The number of nitrogens with zero attached hydrogens (tertiary/aromatic N) is 2. The first-order chi connectivity index (χ1) is 8.00. The molecule has 0 atom stereocenters. The summed E-state index contributed by atoms with van der Waals surface area (Å²) in [7, 11) is 0. The van der Waals surface area contributed by atoms with Gasteiger partial charge in [-0.05, 0) is 38.5 Å². The largest absolute Gasteiger partial charge is 0.478 e. The Hall–Kier alpha value is -2.10. The molecule has 88 valence electrons. The van der Waals surface area contributed by atoms with Gasteiger partial charge in [0.15, 0.2) is 0 Å². The van der Waals surface area contributed by atoms with E-state index in [2.05, 4.69) is 5.10 Å². The molecule has 0 bridgehead atoms. The first-order valence-corrected chi connectivity index (χ1v) is 5.37. The lowest BCUT2D eigenvalue weighted by molar-refractivity contribution is 0.0695. The fourth-order valence-corrected chi connectivity index (χ4v) is 1.96. The van der Waals surface area contributed by atoms with Crippen LogP contribution < -0.4 is 0 Å². The highest BCUT2D eigenvalue weighted by Gasteiger charge is 2.18. The van der Waals surface area contributed by atoms with Crippen molar-refractivity contribution in [1.82, 2.24) is 9.78 Å². The molecule has 1 heterocycles. The standard InChI is InChI=1S/C13H14N2O2/c1-8-5-4-6-11(7-8)15-10(3)12(13(16)17)9(2)14-15/h4-7H,1-3H3,(H,16,17). The summed E-state index contributed by atoms with van der Waals surface area (Å²) in [5.74, 6) is -0.932. The molecule has 0 spiro atoms. The van der Waals surface area contributed by atoms with E-state index in [9.17, 15) is 4.79 Å². The Morgan fingerprint density at radius 1 is 1.29 bits per heavy atom. The van der Waals surface area contributed by atoms with Crippen LogP contribution in [0, 0.1) is 20.8 Å². The van der Waals surface area contributed by atoms with Gasteiger partial charge >= 0.3 is 5.97 Å². The first-order valence-electron chi connectivity index (χ1n) is 5.37. The third-order valence-corrected chi connectivity index (χ3v) is 2.75. The predicted molar refractivity (Wildman–Crippen MR) is 64.7 cm³/mol. The number of rotatable bonds is 2. The molecule has 0 radical (unpaired) electrons. The minimum absolute atomic E-state index is 0.284. The molecule has 2 aromatic rings. The number of aromatic nitrogens is 2. The molecule has 0 aliphatic heterocycles. The molecule has 0 saturated heterocycles. The average molecular weight is 230 g/mol. The normalized spacial score (nSPS) is 10.5. The van der Waals surface area contributed by atoms with Crippen molar-refractivity contribution in [1.29, 1.82) is 0 Å². The van der Waals surface area contributed by atoms with Crippen LogP contribution in [0.5, 0.6) is 0 Å². The highest BCUT2D eigenvalue weighted by Crippen LogP contribution is 2.18. The topological polar surface area (TPSA) is 55.1 Å². The summed E-state index contributed by atoms with van der Waals surface area (Å²) in [5, 5.41) is 13.4. The minimum atomic E-state index is -0.932. The second-order valence-corrected chi connectivity index (χ2v) is 4.10. The van der Waals surface area contributed by atoms with Crippen molar-refractivity contribution in [2.75, 3.05) is 0 Å². The minimum Gasteiger partial charge on any atom is -0.478 e. The van der Waals surface area contributed by atoms with Crippen LogP contribution in [0.4, 0.5) is 0 Å². The third kappa shape index (κ3) is 1.93. The average Bonchev–Trinajstić information content (AvgIpc) is 2.54. The van der Waals surface area contributed by atoms with Crippen molar-refractivity contribution in [3.8, 4) is 5.69 Å². The van der Waals surface area contributed by atoms with Gasteiger partial charge in [0, 0.05) is 0 Å². The van der Waals surface area contributed by atoms with Crippen LogP contribution in [0.25, 0.3) is 5.69 Å². The molecular formula is C13H14N2O2. The molecular weight excluding hydrogens is 216 g/mol. The third-order valence-electron chi connectivity index (χ3n) is 2.75. The fourth-order valence-electron chi connectivity index (χ4n) is 1.96. The lowest BCUT2D eigenvalue weighted by atomic mass is 10.2. The summed E-state index contributed by atoms with van der Waals surface area (Å²) >= 11 is 0. The zero-order chi connectivity index (χ0) is 12.6. The Kier molecular flexibility index (Phi) is 2.71. The van der Waals surface area contributed by atoms with Gasteiger partial charge in [-0.1, -0.05) is 12.1 Å². The second-order valence-electron chi connectivity index (χ2n) is 4.10. The van der Waals surface area contributed by atoms with Crippen molar-refractivity contribution >= 4 is 5.97 Å². The first kappa shape index (κ1) is 11.4. The summed E-state index contributed by atoms with van der Waals surface area (Å²) in [4.78, 5) is 11.1. The Balaban J connectivity index is 2.62. The maximum Gasteiger partial charge on any atom is 0.339 e. The van der Waals surface area contributed by atoms with Crippen LogP contribution in [0.2, 0.25) is 0 Å². The van der Waals surface area contributed by atoms with Crippen LogP contribution in [0.3, 0.4) is 0 Å². The Morgan fingerprint density at radius 2 is 2.00 bits per heavy atom. The molecule has 1 aromatic carbocycles.